The van der Waals surface area contributed by atoms with Crippen LogP contribution in [0.5, 0.6) is 0 Å². The zero-order valence-corrected chi connectivity index (χ0v) is 12.7. The van der Waals surface area contributed by atoms with Gasteiger partial charge in [-0.05, 0) is 43.7 Å². The molecule has 1 aliphatic rings. The molecule has 0 heterocycles. The van der Waals surface area contributed by atoms with Gasteiger partial charge in [0.05, 0.1) is 4.92 Å². The zero-order valence-electron chi connectivity index (χ0n) is 11.9. The standard InChI is InChI=1S/C14H19N3O3S/c1-21-10-5-6-13(17(19)20)11(7-10)14(18)16-12-4-2-3-9(12)8-15/h5-7,9,12H,2-4,8,15H2,1H3,(H,16,18). The lowest BCUT2D eigenvalue weighted by atomic mass is 10.0. The molecule has 3 N–H and O–H groups in total. The van der Waals surface area contributed by atoms with E-state index in [9.17, 15) is 14.9 Å². The van der Waals surface area contributed by atoms with E-state index in [-0.39, 0.29) is 29.1 Å². The van der Waals surface area contributed by atoms with Crippen LogP contribution in [0.4, 0.5) is 5.69 Å². The number of nitro groups is 1. The smallest absolute Gasteiger partial charge is 0.282 e. The Morgan fingerprint density at radius 1 is 1.52 bits per heavy atom. The van der Waals surface area contributed by atoms with E-state index in [1.165, 1.54) is 17.8 Å². The van der Waals surface area contributed by atoms with Gasteiger partial charge in [0.2, 0.25) is 0 Å². The molecule has 0 spiro atoms. The van der Waals surface area contributed by atoms with Crippen molar-refractivity contribution in [2.45, 2.75) is 30.2 Å². The maximum absolute atomic E-state index is 12.4. The molecule has 0 radical (unpaired) electrons. The summed E-state index contributed by atoms with van der Waals surface area (Å²) in [6, 6.07) is 4.62. The number of benzene rings is 1. The van der Waals surface area contributed by atoms with Crippen LogP contribution in [0, 0.1) is 16.0 Å². The molecule has 2 unspecified atom stereocenters. The lowest BCUT2D eigenvalue weighted by Crippen LogP contribution is -2.40. The van der Waals surface area contributed by atoms with Crippen LogP contribution in [0.2, 0.25) is 0 Å². The minimum Gasteiger partial charge on any atom is -0.349 e. The monoisotopic (exact) mass is 309 g/mol. The highest BCUT2D eigenvalue weighted by Gasteiger charge is 2.29. The molecule has 1 fully saturated rings. The quantitative estimate of drug-likeness (QED) is 0.493. The molecule has 1 saturated carbocycles. The SMILES string of the molecule is CSc1ccc([N+](=O)[O-])c(C(=O)NC2CCCC2CN)c1. The summed E-state index contributed by atoms with van der Waals surface area (Å²) in [5.41, 5.74) is 5.66. The van der Waals surface area contributed by atoms with Crippen molar-refractivity contribution in [3.05, 3.63) is 33.9 Å². The fourth-order valence-corrected chi connectivity index (χ4v) is 3.18. The third-order valence-corrected chi connectivity index (χ3v) is 4.65. The molecule has 1 amide bonds. The number of rotatable bonds is 5. The molecule has 1 aromatic carbocycles. The number of nitrogens with two attached hydrogens (primary N) is 1. The van der Waals surface area contributed by atoms with E-state index in [4.69, 9.17) is 5.73 Å². The van der Waals surface area contributed by atoms with Gasteiger partial charge in [0, 0.05) is 17.0 Å². The van der Waals surface area contributed by atoms with E-state index in [1.807, 2.05) is 6.26 Å². The van der Waals surface area contributed by atoms with Crippen LogP contribution in [-0.2, 0) is 0 Å². The summed E-state index contributed by atoms with van der Waals surface area (Å²) in [5.74, 6) is -0.125. The van der Waals surface area contributed by atoms with Gasteiger partial charge in [-0.25, -0.2) is 0 Å². The second-order valence-electron chi connectivity index (χ2n) is 5.15. The fourth-order valence-electron chi connectivity index (χ4n) is 2.74. The molecule has 114 valence electrons. The number of thioether (sulfide) groups is 1. The first-order valence-electron chi connectivity index (χ1n) is 6.90. The van der Waals surface area contributed by atoms with Gasteiger partial charge in [-0.15, -0.1) is 11.8 Å². The molecule has 1 aromatic rings. The number of nitrogens with one attached hydrogen (secondary N) is 1. The molecule has 6 nitrogen and oxygen atoms in total. The van der Waals surface area contributed by atoms with Crippen LogP contribution >= 0.6 is 11.8 Å². The molecular weight excluding hydrogens is 290 g/mol. The largest absolute Gasteiger partial charge is 0.349 e. The summed E-state index contributed by atoms with van der Waals surface area (Å²) in [6.45, 7) is 0.526. The van der Waals surface area contributed by atoms with Crippen molar-refractivity contribution in [2.24, 2.45) is 11.7 Å². The van der Waals surface area contributed by atoms with E-state index in [0.29, 0.717) is 6.54 Å². The zero-order chi connectivity index (χ0) is 15.4. The Morgan fingerprint density at radius 2 is 2.29 bits per heavy atom. The molecule has 0 bridgehead atoms. The summed E-state index contributed by atoms with van der Waals surface area (Å²) in [6.07, 6.45) is 4.77. The van der Waals surface area contributed by atoms with E-state index >= 15 is 0 Å². The van der Waals surface area contributed by atoms with Crippen LogP contribution in [0.15, 0.2) is 23.1 Å². The Bertz CT molecular complexity index is 550. The van der Waals surface area contributed by atoms with Crippen molar-refractivity contribution in [1.82, 2.24) is 5.32 Å². The first-order valence-corrected chi connectivity index (χ1v) is 8.12. The van der Waals surface area contributed by atoms with E-state index < -0.39 is 4.92 Å². The minimum atomic E-state index is -0.520. The molecule has 0 aromatic heterocycles. The van der Waals surface area contributed by atoms with Gasteiger partial charge in [0.1, 0.15) is 5.56 Å². The van der Waals surface area contributed by atoms with Crippen molar-refractivity contribution >= 4 is 23.4 Å². The highest BCUT2D eigenvalue weighted by atomic mass is 32.2. The van der Waals surface area contributed by atoms with Crippen LogP contribution < -0.4 is 11.1 Å². The Balaban J connectivity index is 2.23. The molecule has 21 heavy (non-hydrogen) atoms. The minimum absolute atomic E-state index is 0.0139. The number of hydrogen-bond donors (Lipinski definition) is 2. The molecule has 2 atom stereocenters. The Morgan fingerprint density at radius 3 is 2.90 bits per heavy atom. The lowest BCUT2D eigenvalue weighted by Gasteiger charge is -2.19. The summed E-state index contributed by atoms with van der Waals surface area (Å²) >= 11 is 1.45. The highest BCUT2D eigenvalue weighted by molar-refractivity contribution is 7.98. The maximum Gasteiger partial charge on any atom is 0.282 e. The second kappa shape index (κ2) is 6.91. The Hall–Kier alpha value is -1.60. The van der Waals surface area contributed by atoms with E-state index in [2.05, 4.69) is 5.32 Å². The normalized spacial score (nSPS) is 21.2. The van der Waals surface area contributed by atoms with Crippen molar-refractivity contribution in [3.8, 4) is 0 Å². The molecule has 7 heteroatoms. The van der Waals surface area contributed by atoms with Gasteiger partial charge in [-0.3, -0.25) is 14.9 Å². The van der Waals surface area contributed by atoms with Crippen LogP contribution in [0.1, 0.15) is 29.6 Å². The maximum atomic E-state index is 12.4. The molecule has 1 aliphatic carbocycles. The highest BCUT2D eigenvalue weighted by Crippen LogP contribution is 2.27. The van der Waals surface area contributed by atoms with Gasteiger partial charge in [0.15, 0.2) is 0 Å². The molecular formula is C14H19N3O3S. The number of carbonyl (C=O) groups excluding carboxylic acids is 1. The van der Waals surface area contributed by atoms with Gasteiger partial charge in [-0.2, -0.15) is 0 Å². The summed E-state index contributed by atoms with van der Waals surface area (Å²) in [5, 5.41) is 14.0. The predicted molar refractivity (Wildman–Crippen MR) is 82.5 cm³/mol. The number of hydrogen-bond acceptors (Lipinski definition) is 5. The summed E-state index contributed by atoms with van der Waals surface area (Å²) in [7, 11) is 0. The molecule has 2 rings (SSSR count). The first-order chi connectivity index (χ1) is 10.1. The van der Waals surface area contributed by atoms with Gasteiger partial charge in [-0.1, -0.05) is 6.42 Å². The third-order valence-electron chi connectivity index (χ3n) is 3.92. The van der Waals surface area contributed by atoms with Gasteiger partial charge >= 0.3 is 0 Å². The summed E-state index contributed by atoms with van der Waals surface area (Å²) in [4.78, 5) is 23.8. The second-order valence-corrected chi connectivity index (χ2v) is 6.03. The number of amides is 1. The fraction of sp³-hybridized carbons (Fsp3) is 0.500. The van der Waals surface area contributed by atoms with E-state index in [0.717, 1.165) is 24.2 Å². The van der Waals surface area contributed by atoms with Crippen LogP contribution in [-0.4, -0.2) is 29.7 Å². The Kier molecular flexibility index (Phi) is 5.19. The van der Waals surface area contributed by atoms with Crippen molar-refractivity contribution in [1.29, 1.82) is 0 Å². The van der Waals surface area contributed by atoms with Crippen molar-refractivity contribution in [3.63, 3.8) is 0 Å². The number of nitro benzene ring substituents is 1. The third kappa shape index (κ3) is 3.54. The average Bonchev–Trinajstić information content (AvgIpc) is 2.93. The van der Waals surface area contributed by atoms with Crippen LogP contribution in [0.25, 0.3) is 0 Å². The molecule has 0 saturated heterocycles. The topological polar surface area (TPSA) is 98.3 Å². The lowest BCUT2D eigenvalue weighted by molar-refractivity contribution is -0.385. The average molecular weight is 309 g/mol. The first kappa shape index (κ1) is 15.8. The van der Waals surface area contributed by atoms with Crippen molar-refractivity contribution in [2.75, 3.05) is 12.8 Å². The number of carbonyl (C=O) groups is 1. The van der Waals surface area contributed by atoms with Gasteiger partial charge < -0.3 is 11.1 Å². The van der Waals surface area contributed by atoms with Crippen molar-refractivity contribution < 1.29 is 9.72 Å². The molecule has 0 aliphatic heterocycles. The summed E-state index contributed by atoms with van der Waals surface area (Å²) < 4.78 is 0. The van der Waals surface area contributed by atoms with Crippen LogP contribution in [0.3, 0.4) is 0 Å². The van der Waals surface area contributed by atoms with Gasteiger partial charge in [0.25, 0.3) is 11.6 Å². The predicted octanol–water partition coefficient (Wildman–Crippen LogP) is 2.17. The Labute approximate surface area is 127 Å². The van der Waals surface area contributed by atoms with E-state index in [1.54, 1.807) is 12.1 Å². The number of nitrogens with zero attached hydrogens (tertiary/aromatic N) is 1.